The molecule has 0 spiro atoms. The first-order valence-electron chi connectivity index (χ1n) is 11.6. The van der Waals surface area contributed by atoms with E-state index in [1.165, 1.54) is 13.2 Å². The van der Waals surface area contributed by atoms with Crippen molar-refractivity contribution in [3.05, 3.63) is 83.9 Å². The maximum Gasteiger partial charge on any atom is 0.330 e. The van der Waals surface area contributed by atoms with Gasteiger partial charge in [-0.2, -0.15) is 0 Å². The molecule has 2 fully saturated rings. The van der Waals surface area contributed by atoms with Crippen LogP contribution in [-0.4, -0.2) is 37.5 Å². The molecule has 0 unspecified atom stereocenters. The third-order valence-corrected chi connectivity index (χ3v) is 5.95. The monoisotopic (exact) mass is 452 g/mol. The number of hydrogen-bond acceptors (Lipinski definition) is 6. The van der Waals surface area contributed by atoms with Crippen molar-refractivity contribution in [1.82, 2.24) is 0 Å². The van der Waals surface area contributed by atoms with Crippen molar-refractivity contribution in [3.8, 4) is 0 Å². The van der Waals surface area contributed by atoms with Crippen LogP contribution in [0.25, 0.3) is 0 Å². The summed E-state index contributed by atoms with van der Waals surface area (Å²) in [5.41, 5.74) is 2.00. The van der Waals surface area contributed by atoms with Crippen LogP contribution in [0.5, 0.6) is 0 Å². The van der Waals surface area contributed by atoms with Gasteiger partial charge in [0.2, 0.25) is 0 Å². The predicted octanol–water partition coefficient (Wildman–Crippen LogP) is 5.26. The molecule has 2 aliphatic heterocycles. The van der Waals surface area contributed by atoms with Crippen LogP contribution in [0, 0.1) is 0 Å². The van der Waals surface area contributed by atoms with Gasteiger partial charge in [-0.3, -0.25) is 0 Å². The SMILES string of the molecule is COC(=O)/C=C\C[C@H]1C[C@@H](C[C@@H]2C[C@H](C)O[C@H](c3ccccc3)O2)O[C@@H](c2ccccc2)O1. The van der Waals surface area contributed by atoms with E-state index in [0.717, 1.165) is 30.4 Å². The molecule has 4 rings (SSSR count). The van der Waals surface area contributed by atoms with Crippen molar-refractivity contribution in [1.29, 1.82) is 0 Å². The number of ether oxygens (including phenoxy) is 5. The zero-order valence-corrected chi connectivity index (χ0v) is 19.2. The largest absolute Gasteiger partial charge is 0.466 e. The number of carbonyl (C=O) groups is 1. The van der Waals surface area contributed by atoms with Crippen LogP contribution in [0.4, 0.5) is 0 Å². The number of methoxy groups -OCH3 is 1. The molecule has 6 nitrogen and oxygen atoms in total. The molecule has 2 aromatic carbocycles. The summed E-state index contributed by atoms with van der Waals surface area (Å²) in [4.78, 5) is 11.4. The molecule has 2 aromatic rings. The molecule has 0 aliphatic carbocycles. The van der Waals surface area contributed by atoms with E-state index in [1.807, 2.05) is 60.7 Å². The summed E-state index contributed by atoms with van der Waals surface area (Å²) < 4.78 is 29.7. The first-order chi connectivity index (χ1) is 16.1. The fraction of sp³-hybridized carbons (Fsp3) is 0.444. The van der Waals surface area contributed by atoms with Crippen LogP contribution in [0.1, 0.15) is 56.3 Å². The maximum atomic E-state index is 11.4. The lowest BCUT2D eigenvalue weighted by Gasteiger charge is -2.40. The van der Waals surface area contributed by atoms with Gasteiger partial charge in [0, 0.05) is 30.0 Å². The zero-order valence-electron chi connectivity index (χ0n) is 19.2. The Kier molecular flexibility index (Phi) is 8.29. The molecule has 0 N–H and O–H groups in total. The summed E-state index contributed by atoms with van der Waals surface area (Å²) in [5.74, 6) is -0.366. The minimum atomic E-state index is -0.455. The van der Waals surface area contributed by atoms with Crippen molar-refractivity contribution in [3.63, 3.8) is 0 Å². The smallest absolute Gasteiger partial charge is 0.330 e. The average molecular weight is 453 g/mol. The molecule has 6 heteroatoms. The zero-order chi connectivity index (χ0) is 23.0. The third kappa shape index (κ3) is 6.74. The van der Waals surface area contributed by atoms with E-state index in [0.29, 0.717) is 6.42 Å². The Hall–Kier alpha value is -2.51. The fourth-order valence-corrected chi connectivity index (χ4v) is 4.35. The Morgan fingerprint density at radius 3 is 2.00 bits per heavy atom. The van der Waals surface area contributed by atoms with E-state index in [2.05, 4.69) is 11.7 Å². The number of hydrogen-bond donors (Lipinski definition) is 0. The molecule has 0 aromatic heterocycles. The van der Waals surface area contributed by atoms with Gasteiger partial charge in [0.1, 0.15) is 0 Å². The molecule has 33 heavy (non-hydrogen) atoms. The lowest BCUT2D eigenvalue weighted by atomic mass is 9.97. The second kappa shape index (κ2) is 11.6. The van der Waals surface area contributed by atoms with E-state index in [-0.39, 0.29) is 36.7 Å². The Balaban J connectivity index is 1.44. The number of benzene rings is 2. The Bertz CT molecular complexity index is 899. The van der Waals surface area contributed by atoms with Gasteiger partial charge < -0.3 is 23.7 Å². The highest BCUT2D eigenvalue weighted by Gasteiger charge is 2.35. The summed E-state index contributed by atoms with van der Waals surface area (Å²) in [6, 6.07) is 20.0. The molecular weight excluding hydrogens is 420 g/mol. The molecular formula is C27H32O6. The normalized spacial score (nSPS) is 30.2. The summed E-state index contributed by atoms with van der Waals surface area (Å²) in [6.45, 7) is 2.09. The molecule has 0 radical (unpaired) electrons. The first kappa shape index (κ1) is 23.6. The molecule has 176 valence electrons. The summed E-state index contributed by atoms with van der Waals surface area (Å²) in [7, 11) is 1.37. The topological polar surface area (TPSA) is 63.2 Å². The molecule has 2 aliphatic rings. The van der Waals surface area contributed by atoms with Crippen LogP contribution in [0.2, 0.25) is 0 Å². The third-order valence-electron chi connectivity index (χ3n) is 5.95. The maximum absolute atomic E-state index is 11.4. The molecule has 0 bridgehead atoms. The molecule has 0 amide bonds. The van der Waals surface area contributed by atoms with Gasteiger partial charge in [-0.1, -0.05) is 66.7 Å². The van der Waals surface area contributed by atoms with Gasteiger partial charge in [-0.25, -0.2) is 4.79 Å². The average Bonchev–Trinajstić information content (AvgIpc) is 2.84. The number of rotatable bonds is 7. The minimum absolute atomic E-state index is 0.0183. The van der Waals surface area contributed by atoms with Crippen LogP contribution >= 0.6 is 0 Å². The highest BCUT2D eigenvalue weighted by atomic mass is 16.7. The standard InChI is InChI=1S/C27H32O6/c1-19-16-23(32-26(30-19)20-10-5-3-6-11-20)18-24-17-22(14-9-15-25(28)29-2)31-27(33-24)21-12-7-4-8-13-21/h3-13,15,19,22-24,26-27H,14,16-18H2,1-2H3/b15-9-/t19-,22-,23-,24-,26-,27-/m0/s1. The van der Waals surface area contributed by atoms with E-state index in [4.69, 9.17) is 18.9 Å². The minimum Gasteiger partial charge on any atom is -0.466 e. The number of carbonyl (C=O) groups excluding carboxylic acids is 1. The second-order valence-corrected chi connectivity index (χ2v) is 8.57. The molecule has 2 saturated heterocycles. The van der Waals surface area contributed by atoms with Gasteiger partial charge in [-0.15, -0.1) is 0 Å². The van der Waals surface area contributed by atoms with Gasteiger partial charge in [-0.05, 0) is 19.8 Å². The Morgan fingerprint density at radius 2 is 1.39 bits per heavy atom. The number of esters is 1. The van der Waals surface area contributed by atoms with E-state index >= 15 is 0 Å². The Labute approximate surface area is 195 Å². The van der Waals surface area contributed by atoms with Crippen LogP contribution < -0.4 is 0 Å². The highest BCUT2D eigenvalue weighted by molar-refractivity contribution is 5.81. The van der Waals surface area contributed by atoms with Crippen LogP contribution in [-0.2, 0) is 28.5 Å². The van der Waals surface area contributed by atoms with Crippen LogP contribution in [0.15, 0.2) is 72.8 Å². The van der Waals surface area contributed by atoms with E-state index in [1.54, 1.807) is 6.08 Å². The molecule has 2 heterocycles. The van der Waals surface area contributed by atoms with Crippen molar-refractivity contribution < 1.29 is 28.5 Å². The van der Waals surface area contributed by atoms with E-state index < -0.39 is 6.29 Å². The van der Waals surface area contributed by atoms with Crippen molar-refractivity contribution >= 4 is 5.97 Å². The lowest BCUT2D eigenvalue weighted by Crippen LogP contribution is -2.39. The van der Waals surface area contributed by atoms with Gasteiger partial charge in [0.15, 0.2) is 12.6 Å². The highest BCUT2D eigenvalue weighted by Crippen LogP contribution is 2.36. The first-order valence-corrected chi connectivity index (χ1v) is 11.6. The quantitative estimate of drug-likeness (QED) is 0.422. The molecule has 0 saturated carbocycles. The van der Waals surface area contributed by atoms with Gasteiger partial charge >= 0.3 is 5.97 Å². The predicted molar refractivity (Wildman–Crippen MR) is 123 cm³/mol. The fourth-order valence-electron chi connectivity index (χ4n) is 4.35. The lowest BCUT2D eigenvalue weighted by molar-refractivity contribution is -0.275. The summed E-state index contributed by atoms with van der Waals surface area (Å²) >= 11 is 0. The second-order valence-electron chi connectivity index (χ2n) is 8.57. The van der Waals surface area contributed by atoms with Crippen molar-refractivity contribution in [2.24, 2.45) is 0 Å². The van der Waals surface area contributed by atoms with Crippen molar-refractivity contribution in [2.45, 2.75) is 69.6 Å². The van der Waals surface area contributed by atoms with E-state index in [9.17, 15) is 4.79 Å². The Morgan fingerprint density at radius 1 is 0.848 bits per heavy atom. The van der Waals surface area contributed by atoms with Crippen molar-refractivity contribution in [2.75, 3.05) is 7.11 Å². The van der Waals surface area contributed by atoms with Gasteiger partial charge in [0.25, 0.3) is 0 Å². The summed E-state index contributed by atoms with van der Waals surface area (Å²) in [6.07, 6.45) is 5.32. The van der Waals surface area contributed by atoms with Gasteiger partial charge in [0.05, 0.1) is 31.5 Å². The van der Waals surface area contributed by atoms with Crippen LogP contribution in [0.3, 0.4) is 0 Å². The molecule has 6 atom stereocenters. The summed E-state index contributed by atoms with van der Waals surface area (Å²) in [5, 5.41) is 0.